The van der Waals surface area contributed by atoms with Gasteiger partial charge >= 0.3 is 0 Å². The number of primary amides is 1. The fourth-order valence-electron chi connectivity index (χ4n) is 4.11. The molecule has 2 aromatic heterocycles. The molecule has 1 fully saturated rings. The molecule has 4 rings (SSSR count). The van der Waals surface area contributed by atoms with E-state index in [-0.39, 0.29) is 5.69 Å². The third kappa shape index (κ3) is 7.42. The summed E-state index contributed by atoms with van der Waals surface area (Å²) in [7, 11) is 4.06. The highest BCUT2D eigenvalue weighted by molar-refractivity contribution is 7.10. The number of rotatable bonds is 9. The average Bonchev–Trinajstić information content (AvgIpc) is 3.32. The molecule has 1 aromatic carbocycles. The molecule has 0 spiro atoms. The highest BCUT2D eigenvalue weighted by atomic mass is 32.1. The highest BCUT2D eigenvalue weighted by Crippen LogP contribution is 2.27. The van der Waals surface area contributed by atoms with Gasteiger partial charge < -0.3 is 26.2 Å². The number of anilines is 4. The summed E-state index contributed by atoms with van der Waals surface area (Å²) >= 11 is 1.30. The predicted octanol–water partition coefficient (Wildman–Crippen LogP) is 4.65. The van der Waals surface area contributed by atoms with Gasteiger partial charge in [-0.2, -0.15) is 4.37 Å². The van der Waals surface area contributed by atoms with Crippen molar-refractivity contribution in [3.8, 4) is 0 Å². The van der Waals surface area contributed by atoms with Gasteiger partial charge in [0.05, 0.1) is 11.9 Å². The molecule has 0 saturated carbocycles. The molecule has 4 N–H and O–H groups in total. The van der Waals surface area contributed by atoms with Crippen LogP contribution in [0.3, 0.4) is 0 Å². The minimum Gasteiger partial charge on any atom is -0.385 e. The summed E-state index contributed by atoms with van der Waals surface area (Å²) in [6.07, 6.45) is 3.80. The van der Waals surface area contributed by atoms with Gasteiger partial charge in [-0.25, -0.2) is 9.97 Å². The third-order valence-electron chi connectivity index (χ3n) is 6.04. The van der Waals surface area contributed by atoms with Crippen molar-refractivity contribution >= 4 is 45.5 Å². The summed E-state index contributed by atoms with van der Waals surface area (Å²) < 4.78 is 4.27. The monoisotopic (exact) mass is 522 g/mol. The summed E-state index contributed by atoms with van der Waals surface area (Å²) in [5.74, 6) is 0.889. The van der Waals surface area contributed by atoms with E-state index in [1.165, 1.54) is 11.5 Å². The Hall–Kier alpha value is -3.66. The number of aromatic nitrogens is 3. The Balaban J connectivity index is 0.00000186. The van der Waals surface area contributed by atoms with Crippen LogP contribution in [-0.2, 0) is 0 Å². The molecule has 1 unspecified atom stereocenters. The normalized spacial score (nSPS) is 14.8. The van der Waals surface area contributed by atoms with Crippen LogP contribution in [-0.4, -0.2) is 54.0 Å². The zero-order valence-corrected chi connectivity index (χ0v) is 23.2. The van der Waals surface area contributed by atoms with E-state index >= 15 is 0 Å². The van der Waals surface area contributed by atoms with Crippen LogP contribution in [0, 0.1) is 12.8 Å². The van der Waals surface area contributed by atoms with E-state index in [4.69, 9.17) is 10.7 Å². The van der Waals surface area contributed by atoms with Crippen molar-refractivity contribution in [3.63, 3.8) is 0 Å². The van der Waals surface area contributed by atoms with Crippen molar-refractivity contribution < 1.29 is 4.79 Å². The number of benzene rings is 1. The molecule has 9 nitrogen and oxygen atoms in total. The van der Waals surface area contributed by atoms with Crippen LogP contribution in [0.4, 0.5) is 22.3 Å². The van der Waals surface area contributed by atoms with Gasteiger partial charge in [0.15, 0.2) is 11.5 Å². The SMILES string of the molecule is C=C(NCC1CCCN(c2cnc(C(N)=O)c(Nc3cc(C)ns3)n2)C1)c1ccc(N(C)C)cc1.CC. The lowest BCUT2D eigenvalue weighted by Gasteiger charge is -2.34. The lowest BCUT2D eigenvalue weighted by Crippen LogP contribution is -2.40. The number of hydrogen-bond donors (Lipinski definition) is 3. The number of aryl methyl sites for hydroxylation is 1. The van der Waals surface area contributed by atoms with Crippen LogP contribution in [0.15, 0.2) is 43.1 Å². The first kappa shape index (κ1) is 27.9. The molecule has 0 aliphatic carbocycles. The summed E-state index contributed by atoms with van der Waals surface area (Å²) in [4.78, 5) is 25.2. The second kappa shape index (κ2) is 13.0. The zero-order valence-electron chi connectivity index (χ0n) is 22.4. The topological polar surface area (TPSA) is 112 Å². The second-order valence-corrected chi connectivity index (χ2v) is 9.81. The Morgan fingerprint density at radius 1 is 1.27 bits per heavy atom. The Bertz CT molecular complexity index is 1190. The first-order chi connectivity index (χ1) is 17.8. The van der Waals surface area contributed by atoms with Gasteiger partial charge in [0.1, 0.15) is 10.8 Å². The molecular formula is C27H38N8OS. The average molecular weight is 523 g/mol. The predicted molar refractivity (Wildman–Crippen MR) is 155 cm³/mol. The van der Waals surface area contributed by atoms with Crippen molar-refractivity contribution in [2.24, 2.45) is 11.7 Å². The van der Waals surface area contributed by atoms with E-state index in [2.05, 4.69) is 60.6 Å². The third-order valence-corrected chi connectivity index (χ3v) is 6.84. The van der Waals surface area contributed by atoms with Gasteiger partial charge in [0.2, 0.25) is 0 Å². The molecule has 1 aliphatic heterocycles. The van der Waals surface area contributed by atoms with Crippen molar-refractivity contribution in [3.05, 3.63) is 60.1 Å². The number of hydrogen-bond acceptors (Lipinski definition) is 9. The largest absolute Gasteiger partial charge is 0.385 e. The minimum atomic E-state index is -0.620. The van der Waals surface area contributed by atoms with Crippen LogP contribution >= 0.6 is 11.5 Å². The van der Waals surface area contributed by atoms with E-state index in [0.717, 1.165) is 65.9 Å². The summed E-state index contributed by atoms with van der Waals surface area (Å²) in [6.45, 7) is 12.7. The molecule has 37 heavy (non-hydrogen) atoms. The van der Waals surface area contributed by atoms with Gasteiger partial charge in [0, 0.05) is 45.1 Å². The number of nitrogens with one attached hydrogen (secondary N) is 2. The number of amides is 1. The number of piperidine rings is 1. The van der Waals surface area contributed by atoms with Crippen LogP contribution in [0.1, 0.15) is 48.4 Å². The van der Waals surface area contributed by atoms with Gasteiger partial charge in [-0.1, -0.05) is 32.6 Å². The van der Waals surface area contributed by atoms with Gasteiger partial charge in [-0.15, -0.1) is 0 Å². The first-order valence-corrected chi connectivity index (χ1v) is 13.4. The van der Waals surface area contributed by atoms with Gasteiger partial charge in [-0.05, 0) is 61.0 Å². The fourth-order valence-corrected chi connectivity index (χ4v) is 4.77. The first-order valence-electron chi connectivity index (χ1n) is 12.6. The fraction of sp³-hybridized carbons (Fsp3) is 0.407. The molecule has 0 radical (unpaired) electrons. The Morgan fingerprint density at radius 3 is 2.62 bits per heavy atom. The molecule has 1 amide bonds. The number of carbonyl (C=O) groups excluding carboxylic acids is 1. The molecule has 1 atom stereocenters. The molecular weight excluding hydrogens is 484 g/mol. The van der Waals surface area contributed by atoms with E-state index in [9.17, 15) is 4.79 Å². The quantitative estimate of drug-likeness (QED) is 0.372. The molecule has 10 heteroatoms. The maximum atomic E-state index is 11.9. The van der Waals surface area contributed by atoms with Crippen LogP contribution in [0.2, 0.25) is 0 Å². The zero-order chi connectivity index (χ0) is 26.9. The highest BCUT2D eigenvalue weighted by Gasteiger charge is 2.23. The summed E-state index contributed by atoms with van der Waals surface area (Å²) in [6, 6.07) is 10.3. The molecule has 1 saturated heterocycles. The van der Waals surface area contributed by atoms with Crippen LogP contribution < -0.4 is 26.2 Å². The second-order valence-electron chi connectivity index (χ2n) is 9.00. The van der Waals surface area contributed by atoms with Crippen molar-refractivity contribution in [1.82, 2.24) is 19.7 Å². The molecule has 1 aliphatic rings. The van der Waals surface area contributed by atoms with Crippen molar-refractivity contribution in [2.75, 3.05) is 48.8 Å². The molecule has 0 bridgehead atoms. The number of nitrogens with two attached hydrogens (primary N) is 1. The maximum Gasteiger partial charge on any atom is 0.271 e. The van der Waals surface area contributed by atoms with Crippen molar-refractivity contribution in [2.45, 2.75) is 33.6 Å². The Kier molecular flexibility index (Phi) is 9.85. The minimum absolute atomic E-state index is 0.117. The van der Waals surface area contributed by atoms with Gasteiger partial charge in [-0.3, -0.25) is 4.79 Å². The smallest absolute Gasteiger partial charge is 0.271 e. The van der Waals surface area contributed by atoms with E-state index in [0.29, 0.717) is 11.7 Å². The maximum absolute atomic E-state index is 11.9. The number of carbonyl (C=O) groups is 1. The van der Waals surface area contributed by atoms with E-state index in [1.54, 1.807) is 6.20 Å². The van der Waals surface area contributed by atoms with Crippen LogP contribution in [0.25, 0.3) is 5.70 Å². The molecule has 3 heterocycles. The lowest BCUT2D eigenvalue weighted by molar-refractivity contribution is 0.0996. The summed E-state index contributed by atoms with van der Waals surface area (Å²) in [5, 5.41) is 7.46. The van der Waals surface area contributed by atoms with E-state index < -0.39 is 5.91 Å². The molecule has 3 aromatic rings. The molecule has 198 valence electrons. The van der Waals surface area contributed by atoms with E-state index in [1.807, 2.05) is 40.9 Å². The number of nitrogens with zero attached hydrogens (tertiary/aromatic N) is 5. The standard InChI is InChI=1S/C25H32N8OS.C2H6/c1-16-12-22(35-31-16)30-25-23(24(26)34)28-14-21(29-25)33-11-5-6-18(15-33)13-27-17(2)19-7-9-20(10-8-19)32(3)4;1-2/h7-10,12,14,18,27H,2,5-6,11,13,15H2,1,3-4H3,(H2,26,34)(H,29,30);1-2H3. The lowest BCUT2D eigenvalue weighted by atomic mass is 9.97. The Labute approximate surface area is 224 Å². The summed E-state index contributed by atoms with van der Waals surface area (Å²) in [5.41, 5.74) is 9.71. The van der Waals surface area contributed by atoms with Gasteiger partial charge in [0.25, 0.3) is 5.91 Å². The van der Waals surface area contributed by atoms with Crippen molar-refractivity contribution in [1.29, 1.82) is 0 Å². The Morgan fingerprint density at radius 2 is 2.00 bits per heavy atom. The van der Waals surface area contributed by atoms with Crippen LogP contribution in [0.5, 0.6) is 0 Å².